The first-order chi connectivity index (χ1) is 11.2. The van der Waals surface area contributed by atoms with Crippen LogP contribution in [0.2, 0.25) is 10.0 Å². The Balaban J connectivity index is 2.21. The van der Waals surface area contributed by atoms with Crippen molar-refractivity contribution in [3.8, 4) is 0 Å². The molecule has 1 heterocycles. The van der Waals surface area contributed by atoms with Crippen LogP contribution in [-0.4, -0.2) is 30.9 Å². The van der Waals surface area contributed by atoms with Gasteiger partial charge < -0.3 is 14.1 Å². The van der Waals surface area contributed by atoms with Crippen molar-refractivity contribution in [1.29, 1.82) is 0 Å². The van der Waals surface area contributed by atoms with Crippen LogP contribution >= 0.6 is 23.2 Å². The van der Waals surface area contributed by atoms with Crippen LogP contribution in [0.4, 0.5) is 4.39 Å². The van der Waals surface area contributed by atoms with E-state index < -0.39 is 17.7 Å². The molecule has 0 fully saturated rings. The molecule has 0 N–H and O–H groups in total. The third-order valence-corrected chi connectivity index (χ3v) is 3.96. The molecule has 5 nitrogen and oxygen atoms in total. The number of furan rings is 1. The largest absolute Gasteiger partial charge is 0.465 e. The lowest BCUT2D eigenvalue weighted by atomic mass is 10.2. The second-order valence-corrected chi connectivity index (χ2v) is 5.90. The molecule has 0 spiro atoms. The summed E-state index contributed by atoms with van der Waals surface area (Å²) in [6.45, 7) is 1.68. The second kappa shape index (κ2) is 7.23. The van der Waals surface area contributed by atoms with E-state index in [0.29, 0.717) is 11.5 Å². The van der Waals surface area contributed by atoms with Gasteiger partial charge in [-0.1, -0.05) is 23.2 Å². The second-order valence-electron chi connectivity index (χ2n) is 5.08. The summed E-state index contributed by atoms with van der Waals surface area (Å²) in [5.41, 5.74) is 0.265. The molecule has 0 aliphatic heterocycles. The van der Waals surface area contributed by atoms with E-state index >= 15 is 0 Å². The van der Waals surface area contributed by atoms with Crippen molar-refractivity contribution in [3.63, 3.8) is 0 Å². The molecule has 1 aromatic heterocycles. The fourth-order valence-electron chi connectivity index (χ4n) is 2.13. The minimum absolute atomic E-state index is 0.0162. The zero-order chi connectivity index (χ0) is 18.0. The van der Waals surface area contributed by atoms with E-state index in [9.17, 15) is 14.0 Å². The minimum Gasteiger partial charge on any atom is -0.465 e. The van der Waals surface area contributed by atoms with Crippen molar-refractivity contribution in [3.05, 3.63) is 56.7 Å². The highest BCUT2D eigenvalue weighted by atomic mass is 35.5. The van der Waals surface area contributed by atoms with Gasteiger partial charge in [0.15, 0.2) is 0 Å². The van der Waals surface area contributed by atoms with Gasteiger partial charge in [0.1, 0.15) is 22.9 Å². The number of benzene rings is 1. The van der Waals surface area contributed by atoms with Crippen LogP contribution < -0.4 is 0 Å². The summed E-state index contributed by atoms with van der Waals surface area (Å²) in [6.07, 6.45) is 0. The van der Waals surface area contributed by atoms with Crippen molar-refractivity contribution in [1.82, 2.24) is 4.90 Å². The van der Waals surface area contributed by atoms with Crippen molar-refractivity contribution < 1.29 is 23.1 Å². The maximum atomic E-state index is 13.6. The number of esters is 1. The molecule has 24 heavy (non-hydrogen) atoms. The molecule has 0 unspecified atom stereocenters. The number of hydrogen-bond acceptors (Lipinski definition) is 4. The Morgan fingerprint density at radius 1 is 1.21 bits per heavy atom. The molecule has 0 saturated heterocycles. The van der Waals surface area contributed by atoms with Gasteiger partial charge >= 0.3 is 5.97 Å². The number of rotatable bonds is 4. The summed E-state index contributed by atoms with van der Waals surface area (Å²) in [5, 5.41) is -0.118. The number of methoxy groups -OCH3 is 1. The zero-order valence-corrected chi connectivity index (χ0v) is 14.7. The molecular weight excluding hydrogens is 360 g/mol. The number of aryl methyl sites for hydroxylation is 1. The van der Waals surface area contributed by atoms with Crippen LogP contribution in [0.5, 0.6) is 0 Å². The van der Waals surface area contributed by atoms with Crippen LogP contribution in [0.15, 0.2) is 22.6 Å². The summed E-state index contributed by atoms with van der Waals surface area (Å²) in [7, 11) is 2.77. The number of carbonyl (C=O) groups is 2. The van der Waals surface area contributed by atoms with Crippen LogP contribution in [0.25, 0.3) is 0 Å². The molecule has 0 bridgehead atoms. The highest BCUT2D eigenvalue weighted by Gasteiger charge is 2.21. The molecule has 2 aromatic rings. The highest BCUT2D eigenvalue weighted by Crippen LogP contribution is 2.26. The molecule has 2 rings (SSSR count). The molecule has 0 aliphatic carbocycles. The van der Waals surface area contributed by atoms with Gasteiger partial charge in [-0.15, -0.1) is 0 Å². The first-order valence-electron chi connectivity index (χ1n) is 6.82. The Bertz CT molecular complexity index is 804. The average molecular weight is 374 g/mol. The molecule has 8 heteroatoms. The summed E-state index contributed by atoms with van der Waals surface area (Å²) < 4.78 is 23.6. The number of amides is 1. The van der Waals surface area contributed by atoms with Gasteiger partial charge in [0.2, 0.25) is 0 Å². The zero-order valence-electron chi connectivity index (χ0n) is 13.2. The number of carbonyl (C=O) groups excluding carboxylic acids is 2. The van der Waals surface area contributed by atoms with Gasteiger partial charge in [0.05, 0.1) is 29.3 Å². The van der Waals surface area contributed by atoms with E-state index in [-0.39, 0.29) is 27.7 Å². The quantitative estimate of drug-likeness (QED) is 0.598. The Morgan fingerprint density at radius 3 is 2.50 bits per heavy atom. The molecule has 0 radical (unpaired) electrons. The summed E-state index contributed by atoms with van der Waals surface area (Å²) >= 11 is 11.6. The molecule has 0 saturated carbocycles. The predicted molar refractivity (Wildman–Crippen MR) is 87.0 cm³/mol. The summed E-state index contributed by atoms with van der Waals surface area (Å²) in [6, 6.07) is 3.65. The van der Waals surface area contributed by atoms with Crippen LogP contribution in [0.1, 0.15) is 32.2 Å². The summed E-state index contributed by atoms with van der Waals surface area (Å²) in [4.78, 5) is 25.3. The Hall–Kier alpha value is -2.05. The van der Waals surface area contributed by atoms with E-state index in [1.54, 1.807) is 6.92 Å². The third-order valence-electron chi connectivity index (χ3n) is 3.35. The number of nitrogens with zero attached hydrogens (tertiary/aromatic N) is 1. The molecule has 1 amide bonds. The number of hydrogen-bond donors (Lipinski definition) is 0. The van der Waals surface area contributed by atoms with Crippen LogP contribution in [0.3, 0.4) is 0 Å². The topological polar surface area (TPSA) is 59.8 Å². The fraction of sp³-hybridized carbons (Fsp3) is 0.250. The van der Waals surface area contributed by atoms with Crippen LogP contribution in [-0.2, 0) is 11.3 Å². The number of ether oxygens (including phenoxy) is 1. The van der Waals surface area contributed by atoms with Gasteiger partial charge in [-0.25, -0.2) is 9.18 Å². The van der Waals surface area contributed by atoms with Crippen molar-refractivity contribution >= 4 is 35.1 Å². The normalized spacial score (nSPS) is 10.6. The lowest BCUT2D eigenvalue weighted by molar-refractivity contribution is 0.0598. The van der Waals surface area contributed by atoms with Crippen LogP contribution in [0, 0.1) is 12.7 Å². The molecular formula is C16H14Cl2FNO4. The molecule has 0 aliphatic rings. The minimum atomic E-state index is -0.736. The van der Waals surface area contributed by atoms with E-state index in [0.717, 1.165) is 6.07 Å². The van der Waals surface area contributed by atoms with E-state index in [2.05, 4.69) is 4.74 Å². The van der Waals surface area contributed by atoms with Crippen molar-refractivity contribution in [2.45, 2.75) is 13.5 Å². The Labute approximate surface area is 147 Å². The van der Waals surface area contributed by atoms with Gasteiger partial charge in [0.25, 0.3) is 5.91 Å². The molecule has 128 valence electrons. The van der Waals surface area contributed by atoms with Gasteiger partial charge in [-0.3, -0.25) is 4.79 Å². The van der Waals surface area contributed by atoms with E-state index in [1.165, 1.54) is 31.2 Å². The fourth-order valence-corrected chi connectivity index (χ4v) is 2.60. The van der Waals surface area contributed by atoms with Gasteiger partial charge in [-0.2, -0.15) is 0 Å². The average Bonchev–Trinajstić information content (AvgIpc) is 2.89. The Kier molecular flexibility index (Phi) is 5.51. The smallest absolute Gasteiger partial charge is 0.341 e. The van der Waals surface area contributed by atoms with Gasteiger partial charge in [0, 0.05) is 7.05 Å². The lowest BCUT2D eigenvalue weighted by Gasteiger charge is -2.16. The Morgan fingerprint density at radius 2 is 1.88 bits per heavy atom. The van der Waals surface area contributed by atoms with E-state index in [4.69, 9.17) is 27.6 Å². The van der Waals surface area contributed by atoms with Gasteiger partial charge in [-0.05, 0) is 25.1 Å². The van der Waals surface area contributed by atoms with Crippen molar-refractivity contribution in [2.75, 3.05) is 14.2 Å². The SMILES string of the molecule is COC(=O)c1cc(CN(C)C(=O)c2cc(F)c(Cl)cc2Cl)oc1C. The molecule has 1 aromatic carbocycles. The first-order valence-corrected chi connectivity index (χ1v) is 7.57. The standard InChI is InChI=1S/C16H14Cl2FNO4/c1-8-10(16(22)23-3)4-9(24-8)7-20(2)15(21)11-5-14(19)13(18)6-12(11)17/h4-6H,7H2,1-3H3. The lowest BCUT2D eigenvalue weighted by Crippen LogP contribution is -2.26. The first kappa shape index (κ1) is 18.3. The van der Waals surface area contributed by atoms with E-state index in [1.807, 2.05) is 0 Å². The molecule has 0 atom stereocenters. The maximum absolute atomic E-state index is 13.6. The number of halogens is 3. The monoisotopic (exact) mass is 373 g/mol. The highest BCUT2D eigenvalue weighted by molar-refractivity contribution is 6.36. The van der Waals surface area contributed by atoms with Crippen molar-refractivity contribution in [2.24, 2.45) is 0 Å². The maximum Gasteiger partial charge on any atom is 0.341 e. The predicted octanol–water partition coefficient (Wildman–Crippen LogP) is 4.09. The summed E-state index contributed by atoms with van der Waals surface area (Å²) in [5.74, 6) is -1.01. The third kappa shape index (κ3) is 3.71.